The van der Waals surface area contributed by atoms with Crippen molar-refractivity contribution in [3.63, 3.8) is 0 Å². The van der Waals surface area contributed by atoms with Crippen LogP contribution in [0.25, 0.3) is 6.08 Å². The lowest BCUT2D eigenvalue weighted by Gasteiger charge is -2.22. The number of carbonyl (C=O) groups excluding carboxylic acids is 2. The first-order valence-electron chi connectivity index (χ1n) is 10.5. The molecule has 0 aliphatic carbocycles. The first kappa shape index (κ1) is 23.7. The summed E-state index contributed by atoms with van der Waals surface area (Å²) in [5, 5.41) is 0.736. The van der Waals surface area contributed by atoms with Crippen LogP contribution in [0.5, 0.6) is 5.75 Å². The highest BCUT2D eigenvalue weighted by Crippen LogP contribution is 2.34. The van der Waals surface area contributed by atoms with E-state index in [0.717, 1.165) is 5.69 Å². The molecule has 0 fully saturated rings. The van der Waals surface area contributed by atoms with Crippen LogP contribution in [-0.4, -0.2) is 36.4 Å². The van der Waals surface area contributed by atoms with Gasteiger partial charge in [-0.25, -0.2) is 4.99 Å². The lowest BCUT2D eigenvalue weighted by atomic mass is 10.2. The van der Waals surface area contributed by atoms with Crippen LogP contribution in [0.4, 0.5) is 11.4 Å². The second-order valence-corrected chi connectivity index (χ2v) is 8.51. The molecular formula is C25H22ClN3O4S. The van der Waals surface area contributed by atoms with Crippen molar-refractivity contribution >= 4 is 57.8 Å². The van der Waals surface area contributed by atoms with Crippen molar-refractivity contribution in [1.82, 2.24) is 0 Å². The smallest absolute Gasteiger partial charge is 0.283 e. The van der Waals surface area contributed by atoms with E-state index in [1.807, 2.05) is 37.3 Å². The number of ether oxygens (including phenoxy) is 1. The fraction of sp³-hybridized carbons (Fsp3) is 0.160. The SMILES string of the molecule is CCN(C(=O)CSC1=N/C(=C\c2ccco2)C(=O)N1c1ccc(OC)c(Cl)c1)c1ccccc1. The van der Waals surface area contributed by atoms with Gasteiger partial charge >= 0.3 is 0 Å². The normalized spacial score (nSPS) is 14.4. The van der Waals surface area contributed by atoms with Crippen LogP contribution in [0.2, 0.25) is 5.02 Å². The molecule has 0 unspecified atom stereocenters. The Hall–Kier alpha value is -3.49. The third-order valence-corrected chi connectivity index (χ3v) is 6.27. The molecule has 3 aromatic rings. The molecule has 0 atom stereocenters. The third kappa shape index (κ3) is 5.03. The fourth-order valence-corrected chi connectivity index (χ4v) is 4.58. The van der Waals surface area contributed by atoms with Crippen molar-refractivity contribution in [3.8, 4) is 5.75 Å². The molecule has 4 rings (SSSR count). The molecule has 2 amide bonds. The van der Waals surface area contributed by atoms with Gasteiger partial charge in [0.25, 0.3) is 5.91 Å². The second kappa shape index (κ2) is 10.6. The Bertz CT molecular complexity index is 1240. The number of thioether (sulfide) groups is 1. The highest BCUT2D eigenvalue weighted by molar-refractivity contribution is 8.14. The number of amidine groups is 1. The monoisotopic (exact) mass is 495 g/mol. The van der Waals surface area contributed by atoms with Crippen LogP contribution in [-0.2, 0) is 9.59 Å². The van der Waals surface area contributed by atoms with Crippen molar-refractivity contribution < 1.29 is 18.7 Å². The second-order valence-electron chi connectivity index (χ2n) is 7.16. The van der Waals surface area contributed by atoms with Gasteiger partial charge in [0.2, 0.25) is 5.91 Å². The average molecular weight is 496 g/mol. The molecule has 174 valence electrons. The minimum Gasteiger partial charge on any atom is -0.495 e. The number of nitrogens with zero attached hydrogens (tertiary/aromatic N) is 3. The number of anilines is 2. The van der Waals surface area contributed by atoms with E-state index in [4.69, 9.17) is 20.8 Å². The van der Waals surface area contributed by atoms with Crippen LogP contribution < -0.4 is 14.5 Å². The molecule has 0 saturated carbocycles. The molecule has 1 aromatic heterocycles. The molecule has 7 nitrogen and oxygen atoms in total. The zero-order valence-corrected chi connectivity index (χ0v) is 20.2. The van der Waals surface area contributed by atoms with Crippen LogP contribution in [0.1, 0.15) is 12.7 Å². The van der Waals surface area contributed by atoms with E-state index in [1.54, 1.807) is 41.3 Å². The summed E-state index contributed by atoms with van der Waals surface area (Å²) in [6.07, 6.45) is 3.09. The van der Waals surface area contributed by atoms with Gasteiger partial charge in [0.15, 0.2) is 5.17 Å². The van der Waals surface area contributed by atoms with Gasteiger partial charge in [-0.15, -0.1) is 0 Å². The summed E-state index contributed by atoms with van der Waals surface area (Å²) in [5.41, 5.74) is 1.54. The minimum atomic E-state index is -0.344. The lowest BCUT2D eigenvalue weighted by molar-refractivity contribution is -0.116. The summed E-state index contributed by atoms with van der Waals surface area (Å²) in [4.78, 5) is 33.9. The van der Waals surface area contributed by atoms with Gasteiger partial charge in [0.05, 0.1) is 29.8 Å². The number of hydrogen-bond donors (Lipinski definition) is 0. The largest absolute Gasteiger partial charge is 0.495 e. The van der Waals surface area contributed by atoms with Crippen LogP contribution in [0.15, 0.2) is 82.0 Å². The Morgan fingerprint density at radius 1 is 1.21 bits per heavy atom. The maximum Gasteiger partial charge on any atom is 0.283 e. The number of para-hydroxylation sites is 1. The standard InChI is InChI=1S/C25H22ClN3O4S/c1-3-28(17-8-5-4-6-9-17)23(30)16-34-25-27-21(15-19-10-7-13-33-19)24(31)29(25)18-11-12-22(32-2)20(26)14-18/h4-15H,3,16H2,1-2H3/b21-15-. The molecule has 1 aliphatic rings. The molecular weight excluding hydrogens is 474 g/mol. The van der Waals surface area contributed by atoms with Gasteiger partial charge in [0.1, 0.15) is 17.2 Å². The van der Waals surface area contributed by atoms with Crippen molar-refractivity contribution in [1.29, 1.82) is 0 Å². The predicted octanol–water partition coefficient (Wildman–Crippen LogP) is 5.47. The number of hydrogen-bond acceptors (Lipinski definition) is 6. The maximum absolute atomic E-state index is 13.3. The van der Waals surface area contributed by atoms with E-state index in [-0.39, 0.29) is 23.3 Å². The third-order valence-electron chi connectivity index (χ3n) is 5.06. The van der Waals surface area contributed by atoms with Crippen molar-refractivity contribution in [2.75, 3.05) is 29.2 Å². The Morgan fingerprint density at radius 2 is 2.00 bits per heavy atom. The van der Waals surface area contributed by atoms with E-state index >= 15 is 0 Å². The van der Waals surface area contributed by atoms with Gasteiger partial charge in [-0.05, 0) is 49.4 Å². The Morgan fingerprint density at radius 3 is 2.65 bits per heavy atom. The number of benzene rings is 2. The lowest BCUT2D eigenvalue weighted by Crippen LogP contribution is -2.34. The first-order valence-corrected chi connectivity index (χ1v) is 11.9. The van der Waals surface area contributed by atoms with Crippen molar-refractivity contribution in [3.05, 3.63) is 83.4 Å². The molecule has 0 saturated heterocycles. The van der Waals surface area contributed by atoms with Crippen molar-refractivity contribution in [2.24, 2.45) is 4.99 Å². The minimum absolute atomic E-state index is 0.0926. The maximum atomic E-state index is 13.3. The Balaban J connectivity index is 1.61. The number of amides is 2. The van der Waals surface area contributed by atoms with E-state index < -0.39 is 0 Å². The van der Waals surface area contributed by atoms with E-state index in [2.05, 4.69) is 4.99 Å². The first-order chi connectivity index (χ1) is 16.5. The number of halogens is 1. The molecule has 1 aliphatic heterocycles. The van der Waals surface area contributed by atoms with Crippen LogP contribution >= 0.6 is 23.4 Å². The quantitative estimate of drug-likeness (QED) is 0.406. The number of furan rings is 1. The molecule has 0 radical (unpaired) electrons. The zero-order chi connectivity index (χ0) is 24.1. The molecule has 2 heterocycles. The molecule has 0 N–H and O–H groups in total. The van der Waals surface area contributed by atoms with Gasteiger partial charge in [-0.2, -0.15) is 0 Å². The molecule has 9 heteroatoms. The van der Waals surface area contributed by atoms with Gasteiger partial charge in [0, 0.05) is 18.3 Å². The Labute approximate surface area is 206 Å². The summed E-state index contributed by atoms with van der Waals surface area (Å²) in [5.74, 6) is 0.658. The predicted molar refractivity (Wildman–Crippen MR) is 137 cm³/mol. The molecule has 0 spiro atoms. The topological polar surface area (TPSA) is 75.4 Å². The molecule has 0 bridgehead atoms. The van der Waals surface area contributed by atoms with Crippen LogP contribution in [0.3, 0.4) is 0 Å². The van der Waals surface area contributed by atoms with Crippen molar-refractivity contribution in [2.45, 2.75) is 6.92 Å². The van der Waals surface area contributed by atoms with Gasteiger partial charge in [-0.3, -0.25) is 14.5 Å². The zero-order valence-electron chi connectivity index (χ0n) is 18.6. The Kier molecular flexibility index (Phi) is 7.40. The van der Waals surface area contributed by atoms with Gasteiger partial charge in [-0.1, -0.05) is 41.6 Å². The highest BCUT2D eigenvalue weighted by atomic mass is 35.5. The summed E-state index contributed by atoms with van der Waals surface area (Å²) >= 11 is 7.50. The molecule has 34 heavy (non-hydrogen) atoms. The number of aliphatic imine (C=N–C) groups is 1. The number of rotatable bonds is 7. The summed E-state index contributed by atoms with van der Waals surface area (Å²) in [7, 11) is 1.52. The average Bonchev–Trinajstić information content (AvgIpc) is 3.47. The number of methoxy groups -OCH3 is 1. The summed E-state index contributed by atoms with van der Waals surface area (Å²) in [6.45, 7) is 2.44. The molecule has 2 aromatic carbocycles. The van der Waals surface area contributed by atoms with E-state index in [0.29, 0.717) is 33.9 Å². The highest BCUT2D eigenvalue weighted by Gasteiger charge is 2.33. The van der Waals surface area contributed by atoms with Crippen LogP contribution in [0, 0.1) is 0 Å². The van der Waals surface area contributed by atoms with Gasteiger partial charge < -0.3 is 14.1 Å². The fourth-order valence-electron chi connectivity index (χ4n) is 3.44. The van der Waals surface area contributed by atoms with E-state index in [9.17, 15) is 9.59 Å². The number of carbonyl (C=O) groups is 2. The van der Waals surface area contributed by atoms with E-state index in [1.165, 1.54) is 30.0 Å². The summed E-state index contributed by atoms with van der Waals surface area (Å²) in [6, 6.07) is 18.0. The summed E-state index contributed by atoms with van der Waals surface area (Å²) < 4.78 is 10.6.